The molecule has 1 N–H and O–H groups in total. The highest BCUT2D eigenvalue weighted by molar-refractivity contribution is 7.15. The van der Waals surface area contributed by atoms with Gasteiger partial charge in [0, 0.05) is 29.4 Å². The third kappa shape index (κ3) is 4.04. The first-order valence-corrected chi connectivity index (χ1v) is 8.73. The van der Waals surface area contributed by atoms with E-state index in [0.717, 1.165) is 20.9 Å². The number of thiophene rings is 1. The molecule has 25 heavy (non-hydrogen) atoms. The van der Waals surface area contributed by atoms with E-state index in [-0.39, 0.29) is 13.1 Å². The molecule has 1 aromatic carbocycles. The molecule has 0 amide bonds. The van der Waals surface area contributed by atoms with Crippen molar-refractivity contribution in [2.75, 3.05) is 13.1 Å². The first-order chi connectivity index (χ1) is 11.7. The van der Waals surface area contributed by atoms with E-state index in [2.05, 4.69) is 0 Å². The maximum absolute atomic E-state index is 13.1. The summed E-state index contributed by atoms with van der Waals surface area (Å²) >= 11 is 1.53. The van der Waals surface area contributed by atoms with E-state index in [1.165, 1.54) is 11.3 Å². The smallest absolute Gasteiger partial charge is 0.393 e. The van der Waals surface area contributed by atoms with Gasteiger partial charge in [0.1, 0.15) is 0 Å². The monoisotopic (exact) mass is 369 g/mol. The van der Waals surface area contributed by atoms with Crippen LogP contribution in [-0.2, 0) is 11.3 Å². The molecule has 0 aliphatic carbocycles. The van der Waals surface area contributed by atoms with Crippen molar-refractivity contribution in [1.29, 1.82) is 0 Å². The van der Waals surface area contributed by atoms with Crippen molar-refractivity contribution < 1.29 is 23.1 Å². The molecule has 0 saturated carbocycles. The summed E-state index contributed by atoms with van der Waals surface area (Å²) in [5.74, 6) is -4.57. The molecule has 134 valence electrons. The lowest BCUT2D eigenvalue weighted by Gasteiger charge is -2.18. The molecule has 0 unspecified atom stereocenters. The molecule has 3 nitrogen and oxygen atoms in total. The molecule has 1 aromatic heterocycles. The van der Waals surface area contributed by atoms with E-state index >= 15 is 0 Å². The number of carbonyl (C=O) groups is 1. The first-order valence-electron chi connectivity index (χ1n) is 7.91. The third-order valence-electron chi connectivity index (χ3n) is 4.51. The van der Waals surface area contributed by atoms with Gasteiger partial charge in [0.2, 0.25) is 0 Å². The molecule has 1 fully saturated rings. The lowest BCUT2D eigenvalue weighted by Crippen LogP contribution is -2.33. The minimum atomic E-state index is -4.49. The largest absolute Gasteiger partial charge is 0.481 e. The van der Waals surface area contributed by atoms with Crippen LogP contribution in [0.1, 0.15) is 10.4 Å². The lowest BCUT2D eigenvalue weighted by molar-refractivity contribution is -0.188. The summed E-state index contributed by atoms with van der Waals surface area (Å²) in [4.78, 5) is 14.7. The number of carboxylic acids is 1. The molecule has 1 aliphatic rings. The average Bonchev–Trinajstić information content (AvgIpc) is 3.15. The molecule has 3 rings (SSSR count). The number of aliphatic carboxylic acids is 1. The summed E-state index contributed by atoms with van der Waals surface area (Å²) in [6, 6.07) is 11.9. The minimum Gasteiger partial charge on any atom is -0.481 e. The van der Waals surface area contributed by atoms with Crippen molar-refractivity contribution in [2.45, 2.75) is 19.6 Å². The van der Waals surface area contributed by atoms with E-state index in [0.29, 0.717) is 6.54 Å². The van der Waals surface area contributed by atoms with Crippen LogP contribution in [-0.4, -0.2) is 35.2 Å². The van der Waals surface area contributed by atoms with Crippen LogP contribution in [0, 0.1) is 18.8 Å². The van der Waals surface area contributed by atoms with Crippen LogP contribution in [0.25, 0.3) is 10.4 Å². The molecule has 1 saturated heterocycles. The van der Waals surface area contributed by atoms with Crippen molar-refractivity contribution in [1.82, 2.24) is 4.90 Å². The number of benzene rings is 1. The molecule has 2 aromatic rings. The maximum atomic E-state index is 13.1. The van der Waals surface area contributed by atoms with Gasteiger partial charge in [0.25, 0.3) is 0 Å². The number of aryl methyl sites for hydroxylation is 1. The summed E-state index contributed by atoms with van der Waals surface area (Å²) in [6.07, 6.45) is -4.49. The van der Waals surface area contributed by atoms with Crippen LogP contribution in [0.4, 0.5) is 13.2 Å². The molecule has 7 heteroatoms. The third-order valence-corrected chi connectivity index (χ3v) is 5.63. The van der Waals surface area contributed by atoms with Crippen LogP contribution < -0.4 is 0 Å². The molecular weight excluding hydrogens is 351 g/mol. The highest BCUT2D eigenvalue weighted by atomic mass is 32.1. The van der Waals surface area contributed by atoms with Crippen LogP contribution >= 0.6 is 11.3 Å². The second-order valence-corrected chi connectivity index (χ2v) is 7.59. The number of likely N-dealkylation sites (tertiary alicyclic amines) is 1. The molecule has 2 atom stereocenters. The van der Waals surface area contributed by atoms with Gasteiger partial charge < -0.3 is 5.11 Å². The van der Waals surface area contributed by atoms with Gasteiger partial charge >= 0.3 is 12.1 Å². The Hall–Kier alpha value is -1.86. The fourth-order valence-corrected chi connectivity index (χ4v) is 4.21. The van der Waals surface area contributed by atoms with Crippen molar-refractivity contribution in [2.24, 2.45) is 11.8 Å². The second kappa shape index (κ2) is 6.80. The van der Waals surface area contributed by atoms with E-state index < -0.39 is 24.0 Å². The number of carboxylic acid groups (broad SMARTS) is 1. The Bertz CT molecular complexity index is 754. The van der Waals surface area contributed by atoms with E-state index in [9.17, 15) is 18.0 Å². The highest BCUT2D eigenvalue weighted by Gasteiger charge is 2.52. The Labute approximate surface area is 147 Å². The van der Waals surface area contributed by atoms with Crippen molar-refractivity contribution >= 4 is 17.3 Å². The average molecular weight is 369 g/mol. The molecule has 0 bridgehead atoms. The normalized spacial score (nSPS) is 21.6. The standard InChI is InChI=1S/C18H18F3NO2S/c1-11-2-4-12(5-3-11)16-7-6-13(25-16)8-22-9-14(17(23)24)15(10-22)18(19,20)21/h2-7,14-15H,8-10H2,1H3,(H,23,24)/t14-,15-/m1/s1. The topological polar surface area (TPSA) is 40.5 Å². The number of rotatable bonds is 4. The van der Waals surface area contributed by atoms with E-state index in [1.807, 2.05) is 43.3 Å². The number of nitrogens with zero attached hydrogens (tertiary/aromatic N) is 1. The Kier molecular flexibility index (Phi) is 4.88. The molecule has 2 heterocycles. The van der Waals surface area contributed by atoms with Gasteiger partial charge in [-0.25, -0.2) is 0 Å². The van der Waals surface area contributed by atoms with Gasteiger partial charge in [-0.3, -0.25) is 9.69 Å². The van der Waals surface area contributed by atoms with Gasteiger partial charge in [-0.2, -0.15) is 13.2 Å². The Balaban J connectivity index is 1.71. The van der Waals surface area contributed by atoms with Crippen LogP contribution in [0.3, 0.4) is 0 Å². The van der Waals surface area contributed by atoms with Crippen molar-refractivity contribution in [3.8, 4) is 10.4 Å². The van der Waals surface area contributed by atoms with Gasteiger partial charge in [0.15, 0.2) is 0 Å². The summed E-state index contributed by atoms with van der Waals surface area (Å²) in [5.41, 5.74) is 2.23. The highest BCUT2D eigenvalue weighted by Crippen LogP contribution is 2.39. The predicted octanol–water partition coefficient (Wildman–Crippen LogP) is 4.42. The minimum absolute atomic E-state index is 0.0721. The second-order valence-electron chi connectivity index (χ2n) is 6.42. The van der Waals surface area contributed by atoms with Gasteiger partial charge in [-0.05, 0) is 24.6 Å². The van der Waals surface area contributed by atoms with Gasteiger partial charge in [0.05, 0.1) is 11.8 Å². The number of alkyl halides is 3. The number of hydrogen-bond acceptors (Lipinski definition) is 3. The number of halogens is 3. The summed E-state index contributed by atoms with van der Waals surface area (Å²) in [7, 11) is 0. The quantitative estimate of drug-likeness (QED) is 0.867. The molecule has 0 spiro atoms. The maximum Gasteiger partial charge on any atom is 0.393 e. The fraction of sp³-hybridized carbons (Fsp3) is 0.389. The predicted molar refractivity (Wildman–Crippen MR) is 90.4 cm³/mol. The van der Waals surface area contributed by atoms with Gasteiger partial charge in [-0.1, -0.05) is 29.8 Å². The molecular formula is C18H18F3NO2S. The van der Waals surface area contributed by atoms with Crippen LogP contribution in [0.2, 0.25) is 0 Å². The first kappa shape index (κ1) is 17.9. The summed E-state index contributed by atoms with van der Waals surface area (Å²) < 4.78 is 39.2. The Morgan fingerprint density at radius 3 is 2.44 bits per heavy atom. The summed E-state index contributed by atoms with van der Waals surface area (Å²) in [5, 5.41) is 9.08. The van der Waals surface area contributed by atoms with Gasteiger partial charge in [-0.15, -0.1) is 11.3 Å². The van der Waals surface area contributed by atoms with Crippen LogP contribution in [0.5, 0.6) is 0 Å². The summed E-state index contributed by atoms with van der Waals surface area (Å²) in [6.45, 7) is 2.01. The van der Waals surface area contributed by atoms with Crippen molar-refractivity contribution in [3.63, 3.8) is 0 Å². The molecule has 0 radical (unpaired) electrons. The zero-order chi connectivity index (χ0) is 18.2. The van der Waals surface area contributed by atoms with Crippen LogP contribution in [0.15, 0.2) is 36.4 Å². The van der Waals surface area contributed by atoms with Crippen molar-refractivity contribution in [3.05, 3.63) is 46.8 Å². The fourth-order valence-electron chi connectivity index (χ4n) is 3.15. The van der Waals surface area contributed by atoms with E-state index in [4.69, 9.17) is 5.11 Å². The Morgan fingerprint density at radius 2 is 1.88 bits per heavy atom. The lowest BCUT2D eigenvalue weighted by atomic mass is 9.96. The SMILES string of the molecule is Cc1ccc(-c2ccc(CN3C[C@@H](C(F)(F)F)[C@H](C(=O)O)C3)s2)cc1. The zero-order valence-corrected chi connectivity index (χ0v) is 14.4. The number of hydrogen-bond donors (Lipinski definition) is 1. The zero-order valence-electron chi connectivity index (χ0n) is 13.6. The Morgan fingerprint density at radius 1 is 1.20 bits per heavy atom. The van der Waals surface area contributed by atoms with E-state index in [1.54, 1.807) is 4.90 Å². The molecule has 1 aliphatic heterocycles.